The molecule has 0 unspecified atom stereocenters. The number of rotatable bonds is 6. The lowest BCUT2D eigenvalue weighted by atomic mass is 10.1. The van der Waals surface area contributed by atoms with Crippen LogP contribution in [-0.2, 0) is 15.9 Å². The Kier molecular flexibility index (Phi) is 5.42. The van der Waals surface area contributed by atoms with Crippen molar-refractivity contribution in [1.29, 1.82) is 0 Å². The number of nitrogens with one attached hydrogen (secondary N) is 2. The van der Waals surface area contributed by atoms with Gasteiger partial charge in [-0.1, -0.05) is 30.3 Å². The molecule has 0 saturated carbocycles. The molecule has 154 valence electrons. The van der Waals surface area contributed by atoms with Gasteiger partial charge >= 0.3 is 5.97 Å². The van der Waals surface area contributed by atoms with Crippen LogP contribution in [0.4, 0.5) is 5.69 Å². The first-order valence-corrected chi connectivity index (χ1v) is 9.87. The summed E-state index contributed by atoms with van der Waals surface area (Å²) in [6, 6.07) is 14.3. The minimum atomic E-state index is -0.465. The summed E-state index contributed by atoms with van der Waals surface area (Å²) in [7, 11) is 1.54. The zero-order chi connectivity index (χ0) is 21.3. The first kappa shape index (κ1) is 19.9. The molecule has 6 heteroatoms. The summed E-state index contributed by atoms with van der Waals surface area (Å²) >= 11 is 0. The van der Waals surface area contributed by atoms with Crippen LogP contribution < -0.4 is 5.32 Å². The van der Waals surface area contributed by atoms with E-state index in [1.54, 1.807) is 21.0 Å². The number of ether oxygens (including phenoxy) is 2. The van der Waals surface area contributed by atoms with Gasteiger partial charge < -0.3 is 19.8 Å². The predicted octanol–water partition coefficient (Wildman–Crippen LogP) is 4.26. The maximum Gasteiger partial charge on any atom is 0.340 e. The highest BCUT2D eigenvalue weighted by molar-refractivity contribution is 6.07. The fourth-order valence-corrected chi connectivity index (χ4v) is 3.99. The summed E-state index contributed by atoms with van der Waals surface area (Å²) in [5, 5.41) is 2.95. The molecule has 0 aliphatic heterocycles. The molecule has 0 spiro atoms. The third-order valence-corrected chi connectivity index (χ3v) is 5.44. The van der Waals surface area contributed by atoms with Crippen LogP contribution in [0.3, 0.4) is 0 Å². The topological polar surface area (TPSA) is 80.4 Å². The number of aromatic nitrogens is 1. The molecule has 0 saturated heterocycles. The molecule has 6 nitrogen and oxygen atoms in total. The van der Waals surface area contributed by atoms with E-state index in [1.165, 1.54) is 22.3 Å². The molecule has 0 atom stereocenters. The molecule has 1 heterocycles. The average molecular weight is 404 g/mol. The van der Waals surface area contributed by atoms with Crippen molar-refractivity contribution in [3.63, 3.8) is 0 Å². The van der Waals surface area contributed by atoms with Gasteiger partial charge in [-0.3, -0.25) is 4.79 Å². The van der Waals surface area contributed by atoms with Crippen LogP contribution in [0.1, 0.15) is 43.2 Å². The van der Waals surface area contributed by atoms with Crippen LogP contribution in [0.5, 0.6) is 0 Å². The van der Waals surface area contributed by atoms with Crippen molar-refractivity contribution in [2.24, 2.45) is 0 Å². The minimum absolute atomic E-state index is 0.165. The SMILES string of the molecule is COCCOC(=O)c1c(C)[nH]c(C(=O)Nc2ccc3c(c2)Cc2ccccc2-3)c1C. The van der Waals surface area contributed by atoms with Gasteiger partial charge in [0.2, 0.25) is 0 Å². The number of H-pyrrole nitrogens is 1. The van der Waals surface area contributed by atoms with Gasteiger partial charge in [0.05, 0.1) is 12.2 Å². The number of benzene rings is 2. The Labute approximate surface area is 175 Å². The van der Waals surface area contributed by atoms with Crippen LogP contribution in [0.2, 0.25) is 0 Å². The molecule has 4 rings (SSSR count). The fraction of sp³-hybridized carbons (Fsp3) is 0.250. The number of aromatic amines is 1. The molecule has 1 aliphatic carbocycles. The van der Waals surface area contributed by atoms with Crippen molar-refractivity contribution < 1.29 is 19.1 Å². The van der Waals surface area contributed by atoms with Crippen molar-refractivity contribution in [1.82, 2.24) is 4.98 Å². The van der Waals surface area contributed by atoms with Gasteiger partial charge in [0.25, 0.3) is 5.91 Å². The summed E-state index contributed by atoms with van der Waals surface area (Å²) in [4.78, 5) is 28.3. The number of hydrogen-bond donors (Lipinski definition) is 2. The Balaban J connectivity index is 1.52. The maximum atomic E-state index is 12.9. The Hall–Kier alpha value is -3.38. The number of methoxy groups -OCH3 is 1. The van der Waals surface area contributed by atoms with Crippen LogP contribution in [0, 0.1) is 13.8 Å². The summed E-state index contributed by atoms with van der Waals surface area (Å²) in [6.45, 7) is 3.98. The van der Waals surface area contributed by atoms with Crippen molar-refractivity contribution in [2.45, 2.75) is 20.3 Å². The second-order valence-corrected chi connectivity index (χ2v) is 7.41. The van der Waals surface area contributed by atoms with Gasteiger partial charge in [0.1, 0.15) is 12.3 Å². The highest BCUT2D eigenvalue weighted by Gasteiger charge is 2.24. The van der Waals surface area contributed by atoms with E-state index in [0.717, 1.165) is 12.1 Å². The van der Waals surface area contributed by atoms with Crippen LogP contribution >= 0.6 is 0 Å². The van der Waals surface area contributed by atoms with Gasteiger partial charge in [-0.25, -0.2) is 4.79 Å². The van der Waals surface area contributed by atoms with Crippen molar-refractivity contribution in [3.05, 3.63) is 76.1 Å². The molecular formula is C24H24N2O4. The molecule has 0 fully saturated rings. The summed E-state index contributed by atoms with van der Waals surface area (Å²) < 4.78 is 10.1. The highest BCUT2D eigenvalue weighted by Crippen LogP contribution is 2.37. The van der Waals surface area contributed by atoms with Crippen molar-refractivity contribution >= 4 is 17.6 Å². The second-order valence-electron chi connectivity index (χ2n) is 7.41. The normalized spacial score (nSPS) is 11.7. The molecule has 3 aromatic rings. The van der Waals surface area contributed by atoms with Crippen LogP contribution in [0.25, 0.3) is 11.1 Å². The van der Waals surface area contributed by atoms with Crippen molar-refractivity contribution in [3.8, 4) is 11.1 Å². The monoisotopic (exact) mass is 404 g/mol. The van der Waals surface area contributed by atoms with E-state index in [2.05, 4.69) is 22.4 Å². The van der Waals surface area contributed by atoms with E-state index in [4.69, 9.17) is 9.47 Å². The number of hydrogen-bond acceptors (Lipinski definition) is 4. The van der Waals surface area contributed by atoms with Gasteiger partial charge in [0.15, 0.2) is 0 Å². The lowest BCUT2D eigenvalue weighted by Crippen LogP contribution is -2.15. The first-order valence-electron chi connectivity index (χ1n) is 9.87. The molecule has 1 aliphatic rings. The molecule has 30 heavy (non-hydrogen) atoms. The van der Waals surface area contributed by atoms with Gasteiger partial charge in [-0.15, -0.1) is 0 Å². The number of aryl methyl sites for hydroxylation is 1. The molecule has 0 radical (unpaired) electrons. The third kappa shape index (κ3) is 3.62. The van der Waals surface area contributed by atoms with Crippen molar-refractivity contribution in [2.75, 3.05) is 25.6 Å². The molecule has 1 amide bonds. The number of esters is 1. The fourth-order valence-electron chi connectivity index (χ4n) is 3.99. The largest absolute Gasteiger partial charge is 0.460 e. The Bertz CT molecular complexity index is 1130. The van der Waals surface area contributed by atoms with E-state index in [9.17, 15) is 9.59 Å². The number of fused-ring (bicyclic) bond motifs is 3. The van der Waals surface area contributed by atoms with E-state index in [1.807, 2.05) is 30.3 Å². The van der Waals surface area contributed by atoms with Gasteiger partial charge in [0, 0.05) is 18.5 Å². The number of anilines is 1. The van der Waals surface area contributed by atoms with E-state index >= 15 is 0 Å². The number of carbonyl (C=O) groups is 2. The quantitative estimate of drug-likeness (QED) is 0.372. The zero-order valence-electron chi connectivity index (χ0n) is 17.3. The van der Waals surface area contributed by atoms with Crippen LogP contribution in [0.15, 0.2) is 42.5 Å². The highest BCUT2D eigenvalue weighted by atomic mass is 16.6. The standard InChI is InChI=1S/C24H24N2O4/c1-14-21(24(28)30-11-10-29-3)15(2)25-22(14)23(27)26-18-8-9-20-17(13-18)12-16-6-4-5-7-19(16)20/h4-9,13,25H,10-12H2,1-3H3,(H,26,27). The zero-order valence-corrected chi connectivity index (χ0v) is 17.3. The van der Waals surface area contributed by atoms with E-state index in [0.29, 0.717) is 29.1 Å². The predicted molar refractivity (Wildman–Crippen MR) is 115 cm³/mol. The lowest BCUT2D eigenvalue weighted by molar-refractivity contribution is 0.0387. The first-order chi connectivity index (χ1) is 14.5. The number of carbonyl (C=O) groups excluding carboxylic acids is 2. The third-order valence-electron chi connectivity index (χ3n) is 5.44. The summed E-state index contributed by atoms with van der Waals surface area (Å²) in [6.07, 6.45) is 0.854. The van der Waals surface area contributed by atoms with Crippen LogP contribution in [-0.4, -0.2) is 37.2 Å². The molecule has 2 aromatic carbocycles. The average Bonchev–Trinajstić information content (AvgIpc) is 3.24. The summed E-state index contributed by atoms with van der Waals surface area (Å²) in [5.41, 5.74) is 7.58. The summed E-state index contributed by atoms with van der Waals surface area (Å²) in [5.74, 6) is -0.755. The second kappa shape index (κ2) is 8.16. The van der Waals surface area contributed by atoms with E-state index < -0.39 is 5.97 Å². The number of amides is 1. The van der Waals surface area contributed by atoms with E-state index in [-0.39, 0.29) is 12.5 Å². The molecule has 1 aromatic heterocycles. The van der Waals surface area contributed by atoms with Gasteiger partial charge in [-0.2, -0.15) is 0 Å². The Morgan fingerprint density at radius 3 is 2.60 bits per heavy atom. The van der Waals surface area contributed by atoms with Gasteiger partial charge in [-0.05, 0) is 60.2 Å². The Morgan fingerprint density at radius 2 is 1.80 bits per heavy atom. The Morgan fingerprint density at radius 1 is 1.03 bits per heavy atom. The minimum Gasteiger partial charge on any atom is -0.460 e. The maximum absolute atomic E-state index is 12.9. The molecular weight excluding hydrogens is 380 g/mol. The lowest BCUT2D eigenvalue weighted by Gasteiger charge is -2.08. The molecule has 0 bridgehead atoms. The molecule has 2 N–H and O–H groups in total. The smallest absolute Gasteiger partial charge is 0.340 e.